The average molecular weight is 282 g/mol. The van der Waals surface area contributed by atoms with E-state index in [4.69, 9.17) is 10.5 Å². The highest BCUT2D eigenvalue weighted by atomic mass is 32.2. The van der Waals surface area contributed by atoms with Gasteiger partial charge in [-0.3, -0.25) is 4.79 Å². The Morgan fingerprint density at radius 3 is 2.89 bits per heavy atom. The highest BCUT2D eigenvalue weighted by Crippen LogP contribution is 2.26. The highest BCUT2D eigenvalue weighted by molar-refractivity contribution is 7.99. The molecule has 1 aromatic rings. The minimum Gasteiger partial charge on any atom is -0.495 e. The van der Waals surface area contributed by atoms with E-state index in [1.165, 1.54) is 6.42 Å². The molecule has 3 N–H and O–H groups in total. The van der Waals surface area contributed by atoms with E-state index in [1.807, 2.05) is 11.8 Å². The van der Waals surface area contributed by atoms with Crippen LogP contribution in [0.2, 0.25) is 0 Å². The number of ether oxygens (including phenoxy) is 1. The molecule has 0 atom stereocenters. The Balaban J connectivity index is 2.41. The van der Waals surface area contributed by atoms with Gasteiger partial charge in [0.2, 0.25) is 5.91 Å². The molecule has 0 radical (unpaired) electrons. The molecule has 0 aliphatic carbocycles. The Kier molecular flexibility index (Phi) is 7.18. The number of hydrogen-bond donors (Lipinski definition) is 2. The molecule has 0 unspecified atom stereocenters. The number of carbonyl (C=O) groups is 1. The first-order valence-electron chi connectivity index (χ1n) is 6.48. The Morgan fingerprint density at radius 1 is 1.42 bits per heavy atom. The standard InChI is InChI=1S/C14H22N2O2S/c1-3-8-19-9-4-5-14(17)16-12-10-11(15)6-7-13(12)18-2/h6-7,10H,3-5,8-9,15H2,1-2H3,(H,16,17). The number of nitrogens with two attached hydrogens (primary N) is 1. The molecule has 0 spiro atoms. The summed E-state index contributed by atoms with van der Waals surface area (Å²) < 4.78 is 5.18. The van der Waals surface area contributed by atoms with Crippen molar-refractivity contribution in [1.82, 2.24) is 0 Å². The summed E-state index contributed by atoms with van der Waals surface area (Å²) >= 11 is 1.89. The van der Waals surface area contributed by atoms with Crippen molar-refractivity contribution in [3.63, 3.8) is 0 Å². The first-order chi connectivity index (χ1) is 9.17. The van der Waals surface area contributed by atoms with Gasteiger partial charge in [0.25, 0.3) is 0 Å². The maximum atomic E-state index is 11.8. The fourth-order valence-corrected chi connectivity index (χ4v) is 2.46. The first-order valence-corrected chi connectivity index (χ1v) is 7.64. The lowest BCUT2D eigenvalue weighted by Gasteiger charge is -2.10. The third kappa shape index (κ3) is 5.87. The van der Waals surface area contributed by atoms with Crippen LogP contribution >= 0.6 is 11.8 Å². The van der Waals surface area contributed by atoms with Crippen LogP contribution in [0.15, 0.2) is 18.2 Å². The Bertz CT molecular complexity index is 410. The van der Waals surface area contributed by atoms with E-state index in [1.54, 1.807) is 25.3 Å². The molecular formula is C14H22N2O2S. The Hall–Kier alpha value is -1.36. The second-order valence-electron chi connectivity index (χ2n) is 4.22. The maximum Gasteiger partial charge on any atom is 0.224 e. The number of methoxy groups -OCH3 is 1. The molecular weight excluding hydrogens is 260 g/mol. The summed E-state index contributed by atoms with van der Waals surface area (Å²) in [5.74, 6) is 2.81. The van der Waals surface area contributed by atoms with Crippen molar-refractivity contribution >= 4 is 29.0 Å². The molecule has 4 nitrogen and oxygen atoms in total. The van der Waals surface area contributed by atoms with Crippen molar-refractivity contribution in [2.45, 2.75) is 26.2 Å². The predicted molar refractivity (Wildman–Crippen MR) is 82.9 cm³/mol. The second kappa shape index (κ2) is 8.69. The van der Waals surface area contributed by atoms with E-state index >= 15 is 0 Å². The van der Waals surface area contributed by atoms with Gasteiger partial charge in [-0.25, -0.2) is 0 Å². The van der Waals surface area contributed by atoms with Crippen LogP contribution in [0.25, 0.3) is 0 Å². The highest BCUT2D eigenvalue weighted by Gasteiger charge is 2.07. The third-order valence-electron chi connectivity index (χ3n) is 2.54. The normalized spacial score (nSPS) is 10.2. The van der Waals surface area contributed by atoms with Gasteiger partial charge >= 0.3 is 0 Å². The first kappa shape index (κ1) is 15.7. The lowest BCUT2D eigenvalue weighted by atomic mass is 10.2. The monoisotopic (exact) mass is 282 g/mol. The van der Waals surface area contributed by atoms with E-state index in [2.05, 4.69) is 12.2 Å². The predicted octanol–water partition coefficient (Wildman–Crippen LogP) is 3.14. The number of amides is 1. The number of nitrogens with one attached hydrogen (secondary N) is 1. The van der Waals surface area contributed by atoms with E-state index in [9.17, 15) is 4.79 Å². The van der Waals surface area contributed by atoms with Gasteiger partial charge in [0.05, 0.1) is 12.8 Å². The zero-order valence-corrected chi connectivity index (χ0v) is 12.4. The fraction of sp³-hybridized carbons (Fsp3) is 0.500. The molecule has 0 bridgehead atoms. The zero-order valence-electron chi connectivity index (χ0n) is 11.6. The number of rotatable bonds is 8. The molecule has 19 heavy (non-hydrogen) atoms. The molecule has 0 heterocycles. The van der Waals surface area contributed by atoms with Gasteiger partial charge in [-0.05, 0) is 42.5 Å². The van der Waals surface area contributed by atoms with Gasteiger partial charge in [-0.2, -0.15) is 11.8 Å². The van der Waals surface area contributed by atoms with E-state index < -0.39 is 0 Å². The average Bonchev–Trinajstić information content (AvgIpc) is 2.39. The molecule has 106 valence electrons. The van der Waals surface area contributed by atoms with Crippen molar-refractivity contribution in [3.8, 4) is 5.75 Å². The number of nitrogen functional groups attached to an aromatic ring is 1. The van der Waals surface area contributed by atoms with Crippen LogP contribution in [0.1, 0.15) is 26.2 Å². The summed E-state index contributed by atoms with van der Waals surface area (Å²) in [4.78, 5) is 11.8. The third-order valence-corrected chi connectivity index (χ3v) is 3.81. The summed E-state index contributed by atoms with van der Waals surface area (Å²) in [6, 6.07) is 5.21. The molecule has 0 saturated heterocycles. The van der Waals surface area contributed by atoms with Crippen molar-refractivity contribution in [2.75, 3.05) is 29.7 Å². The van der Waals surface area contributed by atoms with Crippen LogP contribution < -0.4 is 15.8 Å². The van der Waals surface area contributed by atoms with Crippen molar-refractivity contribution in [1.29, 1.82) is 0 Å². The van der Waals surface area contributed by atoms with Gasteiger partial charge < -0.3 is 15.8 Å². The summed E-state index contributed by atoms with van der Waals surface area (Å²) in [6.45, 7) is 2.16. The number of hydrogen-bond acceptors (Lipinski definition) is 4. The van der Waals surface area contributed by atoms with Crippen LogP contribution in [0.4, 0.5) is 11.4 Å². The number of benzene rings is 1. The maximum absolute atomic E-state index is 11.8. The summed E-state index contributed by atoms with van der Waals surface area (Å²) in [6.07, 6.45) is 2.59. The summed E-state index contributed by atoms with van der Waals surface area (Å²) in [5.41, 5.74) is 6.94. The number of thioether (sulfide) groups is 1. The SMILES string of the molecule is CCCSCCCC(=O)Nc1cc(N)ccc1OC. The molecule has 0 aliphatic heterocycles. The van der Waals surface area contributed by atoms with E-state index in [0.29, 0.717) is 23.5 Å². The molecule has 1 amide bonds. The van der Waals surface area contributed by atoms with Crippen molar-refractivity contribution < 1.29 is 9.53 Å². The molecule has 0 aliphatic rings. The molecule has 0 aromatic heterocycles. The van der Waals surface area contributed by atoms with Gasteiger partial charge in [-0.15, -0.1) is 0 Å². The van der Waals surface area contributed by atoms with E-state index in [0.717, 1.165) is 17.9 Å². The van der Waals surface area contributed by atoms with Gasteiger partial charge in [0.15, 0.2) is 0 Å². The second-order valence-corrected chi connectivity index (χ2v) is 5.45. The number of carbonyl (C=O) groups excluding carboxylic acids is 1. The van der Waals surface area contributed by atoms with Gasteiger partial charge in [0, 0.05) is 12.1 Å². The van der Waals surface area contributed by atoms with Crippen LogP contribution in [0.3, 0.4) is 0 Å². The van der Waals surface area contributed by atoms with Gasteiger partial charge in [0.1, 0.15) is 5.75 Å². The van der Waals surface area contributed by atoms with Crippen LogP contribution in [-0.2, 0) is 4.79 Å². The van der Waals surface area contributed by atoms with Crippen molar-refractivity contribution in [2.24, 2.45) is 0 Å². The largest absolute Gasteiger partial charge is 0.495 e. The smallest absolute Gasteiger partial charge is 0.224 e. The van der Waals surface area contributed by atoms with E-state index in [-0.39, 0.29) is 5.91 Å². The van der Waals surface area contributed by atoms with Gasteiger partial charge in [-0.1, -0.05) is 6.92 Å². The molecule has 0 saturated carbocycles. The fourth-order valence-electron chi connectivity index (χ4n) is 1.62. The zero-order chi connectivity index (χ0) is 14.1. The molecule has 1 aromatic carbocycles. The quantitative estimate of drug-likeness (QED) is 0.568. The van der Waals surface area contributed by atoms with Crippen LogP contribution in [0, 0.1) is 0 Å². The molecule has 5 heteroatoms. The van der Waals surface area contributed by atoms with Crippen LogP contribution in [0.5, 0.6) is 5.75 Å². The minimum atomic E-state index is 0.000925. The Morgan fingerprint density at radius 2 is 2.21 bits per heavy atom. The number of anilines is 2. The molecule has 1 rings (SSSR count). The summed E-state index contributed by atoms with van der Waals surface area (Å²) in [5, 5.41) is 2.84. The molecule has 0 fully saturated rings. The minimum absolute atomic E-state index is 0.000925. The van der Waals surface area contributed by atoms with Crippen LogP contribution in [-0.4, -0.2) is 24.5 Å². The topological polar surface area (TPSA) is 64.4 Å². The lowest BCUT2D eigenvalue weighted by Crippen LogP contribution is -2.12. The lowest BCUT2D eigenvalue weighted by molar-refractivity contribution is -0.116. The summed E-state index contributed by atoms with van der Waals surface area (Å²) in [7, 11) is 1.57. The van der Waals surface area contributed by atoms with Crippen molar-refractivity contribution in [3.05, 3.63) is 18.2 Å². The Labute approximate surface area is 119 Å².